The van der Waals surface area contributed by atoms with Crippen LogP contribution in [0.25, 0.3) is 22.3 Å². The van der Waals surface area contributed by atoms with Crippen LogP contribution >= 0.6 is 11.6 Å². The molecule has 0 fully saturated rings. The van der Waals surface area contributed by atoms with Crippen molar-refractivity contribution in [2.75, 3.05) is 13.7 Å². The minimum absolute atomic E-state index is 0.0817. The highest BCUT2D eigenvalue weighted by Crippen LogP contribution is 2.32. The van der Waals surface area contributed by atoms with Gasteiger partial charge in [-0.05, 0) is 48.0 Å². The lowest BCUT2D eigenvalue weighted by molar-refractivity contribution is -0.137. The third-order valence-electron chi connectivity index (χ3n) is 6.77. The summed E-state index contributed by atoms with van der Waals surface area (Å²) in [5, 5.41) is 9.32. The molecule has 2 heterocycles. The van der Waals surface area contributed by atoms with Gasteiger partial charge in [-0.3, -0.25) is 0 Å². The fraction of sp³-hybridized carbons (Fsp3) is 0.194. The Kier molecular flexibility index (Phi) is 8.65. The molecular weight excluding hydrogens is 590 g/mol. The molecule has 5 rings (SSSR count). The summed E-state index contributed by atoms with van der Waals surface area (Å²) in [6.45, 7) is 0.643. The van der Waals surface area contributed by atoms with Gasteiger partial charge in [-0.15, -0.1) is 0 Å². The Morgan fingerprint density at radius 1 is 1.00 bits per heavy atom. The number of carboxylic acids is 1. The SMILES string of the molecule is COCCn1c(Cc2ccc(-c3cccc(OCc4ccc(C(F)(F)F)cc4Cl)n3)cc2F)nc2ccc(C(=O)O)cc21. The van der Waals surface area contributed by atoms with Crippen LogP contribution in [0, 0.1) is 5.82 Å². The molecule has 0 saturated heterocycles. The van der Waals surface area contributed by atoms with Crippen molar-refractivity contribution in [1.29, 1.82) is 0 Å². The maximum atomic E-state index is 15.4. The molecule has 43 heavy (non-hydrogen) atoms. The fourth-order valence-corrected chi connectivity index (χ4v) is 4.78. The molecule has 2 aromatic heterocycles. The lowest BCUT2D eigenvalue weighted by Gasteiger charge is -2.12. The van der Waals surface area contributed by atoms with Gasteiger partial charge in [0.15, 0.2) is 0 Å². The van der Waals surface area contributed by atoms with E-state index in [-0.39, 0.29) is 29.5 Å². The molecule has 1 N–H and O–H groups in total. The van der Waals surface area contributed by atoms with Crippen molar-refractivity contribution < 1.29 is 36.9 Å². The summed E-state index contributed by atoms with van der Waals surface area (Å²) in [5.74, 6) is -0.808. The Labute approximate surface area is 248 Å². The quantitative estimate of drug-likeness (QED) is 0.165. The zero-order chi connectivity index (χ0) is 30.7. The second kappa shape index (κ2) is 12.4. The third kappa shape index (κ3) is 6.79. The predicted octanol–water partition coefficient (Wildman–Crippen LogP) is 7.42. The number of rotatable bonds is 10. The van der Waals surface area contributed by atoms with Crippen LogP contribution in [-0.4, -0.2) is 39.3 Å². The van der Waals surface area contributed by atoms with E-state index in [2.05, 4.69) is 9.97 Å². The number of aromatic nitrogens is 3. The zero-order valence-corrected chi connectivity index (χ0v) is 23.4. The molecule has 0 amide bonds. The zero-order valence-electron chi connectivity index (χ0n) is 22.7. The number of carbonyl (C=O) groups is 1. The highest BCUT2D eigenvalue weighted by atomic mass is 35.5. The number of halogens is 5. The first-order valence-electron chi connectivity index (χ1n) is 13.0. The van der Waals surface area contributed by atoms with Crippen LogP contribution in [0.2, 0.25) is 5.02 Å². The van der Waals surface area contributed by atoms with E-state index in [1.165, 1.54) is 24.3 Å². The van der Waals surface area contributed by atoms with Crippen molar-refractivity contribution in [2.24, 2.45) is 0 Å². The number of alkyl halides is 3. The molecule has 0 aliphatic heterocycles. The number of methoxy groups -OCH3 is 1. The van der Waals surface area contributed by atoms with Gasteiger partial charge in [-0.2, -0.15) is 13.2 Å². The van der Waals surface area contributed by atoms with Gasteiger partial charge in [0, 0.05) is 42.3 Å². The van der Waals surface area contributed by atoms with E-state index in [1.807, 2.05) is 4.57 Å². The van der Waals surface area contributed by atoms with Gasteiger partial charge in [-0.1, -0.05) is 35.9 Å². The van der Waals surface area contributed by atoms with Crippen molar-refractivity contribution in [1.82, 2.24) is 14.5 Å². The van der Waals surface area contributed by atoms with E-state index in [9.17, 15) is 23.1 Å². The molecule has 12 heteroatoms. The molecule has 0 aliphatic carbocycles. The molecule has 0 spiro atoms. The highest BCUT2D eigenvalue weighted by molar-refractivity contribution is 6.31. The number of nitrogens with zero attached hydrogens (tertiary/aromatic N) is 3. The smallest absolute Gasteiger partial charge is 0.416 e. The largest absolute Gasteiger partial charge is 0.478 e. The first kappa shape index (κ1) is 30.0. The highest BCUT2D eigenvalue weighted by Gasteiger charge is 2.31. The van der Waals surface area contributed by atoms with Gasteiger partial charge in [0.25, 0.3) is 0 Å². The molecule has 5 aromatic rings. The normalized spacial score (nSPS) is 11.7. The molecule has 222 valence electrons. The van der Waals surface area contributed by atoms with Crippen LogP contribution in [0.3, 0.4) is 0 Å². The minimum Gasteiger partial charge on any atom is -0.478 e. The monoisotopic (exact) mass is 613 g/mol. The average Bonchev–Trinajstić information content (AvgIpc) is 3.32. The number of ether oxygens (including phenoxy) is 2. The van der Waals surface area contributed by atoms with Crippen molar-refractivity contribution in [3.8, 4) is 17.1 Å². The van der Waals surface area contributed by atoms with Gasteiger partial charge in [-0.25, -0.2) is 19.2 Å². The Bertz CT molecular complexity index is 1810. The van der Waals surface area contributed by atoms with Crippen LogP contribution in [0.4, 0.5) is 17.6 Å². The van der Waals surface area contributed by atoms with E-state index < -0.39 is 23.5 Å². The third-order valence-corrected chi connectivity index (χ3v) is 7.12. The molecule has 0 radical (unpaired) electrons. The summed E-state index contributed by atoms with van der Waals surface area (Å²) in [6.07, 6.45) is -4.36. The van der Waals surface area contributed by atoms with Gasteiger partial charge >= 0.3 is 12.1 Å². The number of aromatic carboxylic acids is 1. The predicted molar refractivity (Wildman–Crippen MR) is 152 cm³/mol. The molecule has 0 bridgehead atoms. The summed E-state index contributed by atoms with van der Waals surface area (Å²) < 4.78 is 66.8. The van der Waals surface area contributed by atoms with Crippen LogP contribution in [-0.2, 0) is 30.5 Å². The summed E-state index contributed by atoms with van der Waals surface area (Å²) in [6, 6.07) is 17.3. The summed E-state index contributed by atoms with van der Waals surface area (Å²) in [7, 11) is 1.55. The van der Waals surface area contributed by atoms with E-state index in [0.29, 0.717) is 52.4 Å². The Balaban J connectivity index is 1.35. The second-order valence-electron chi connectivity index (χ2n) is 9.62. The first-order valence-corrected chi connectivity index (χ1v) is 13.4. The van der Waals surface area contributed by atoms with Crippen LogP contribution in [0.15, 0.2) is 72.8 Å². The van der Waals surface area contributed by atoms with Crippen molar-refractivity contribution in [2.45, 2.75) is 25.7 Å². The number of hydrogen-bond acceptors (Lipinski definition) is 5. The number of benzene rings is 3. The maximum Gasteiger partial charge on any atom is 0.416 e. The number of pyridine rings is 1. The fourth-order valence-electron chi connectivity index (χ4n) is 4.54. The first-order chi connectivity index (χ1) is 20.5. The van der Waals surface area contributed by atoms with E-state index in [0.717, 1.165) is 12.1 Å². The van der Waals surface area contributed by atoms with Gasteiger partial charge < -0.3 is 19.1 Å². The topological polar surface area (TPSA) is 86.5 Å². The summed E-state index contributed by atoms with van der Waals surface area (Å²) >= 11 is 6.02. The standard InChI is InChI=1S/C31H24ClF4N3O4/c1-42-12-11-39-27-14-20(30(40)41)8-10-26(27)37-28(39)15-18-5-6-19(13-24(18)33)25-3-2-4-29(38-25)43-17-21-7-9-22(16-23(21)32)31(34,35)36/h2-10,13-14,16H,11-12,15,17H2,1H3,(H,40,41). The Morgan fingerprint density at radius 3 is 2.49 bits per heavy atom. The molecule has 0 saturated carbocycles. The number of carboxylic acid groups (broad SMARTS) is 1. The number of fused-ring (bicyclic) bond motifs is 1. The van der Waals surface area contributed by atoms with Gasteiger partial charge in [0.1, 0.15) is 18.2 Å². The lowest BCUT2D eigenvalue weighted by atomic mass is 10.1. The number of imidazole rings is 1. The minimum atomic E-state index is -4.51. The molecule has 3 aromatic carbocycles. The molecular formula is C31H24ClF4N3O4. The molecule has 0 unspecified atom stereocenters. The Hall–Kier alpha value is -4.48. The molecule has 7 nitrogen and oxygen atoms in total. The molecule has 0 atom stereocenters. The van der Waals surface area contributed by atoms with E-state index >= 15 is 4.39 Å². The summed E-state index contributed by atoms with van der Waals surface area (Å²) in [4.78, 5) is 20.5. The van der Waals surface area contributed by atoms with Crippen molar-refractivity contribution in [3.63, 3.8) is 0 Å². The van der Waals surface area contributed by atoms with Crippen LogP contribution in [0.5, 0.6) is 5.88 Å². The summed E-state index contributed by atoms with van der Waals surface area (Å²) in [5.41, 5.74) is 2.11. The van der Waals surface area contributed by atoms with Crippen molar-refractivity contribution >= 4 is 28.6 Å². The van der Waals surface area contributed by atoms with Crippen LogP contribution < -0.4 is 4.74 Å². The van der Waals surface area contributed by atoms with Crippen molar-refractivity contribution in [3.05, 3.63) is 112 Å². The van der Waals surface area contributed by atoms with E-state index in [1.54, 1.807) is 43.5 Å². The Morgan fingerprint density at radius 2 is 1.79 bits per heavy atom. The van der Waals surface area contributed by atoms with Gasteiger partial charge in [0.2, 0.25) is 5.88 Å². The maximum absolute atomic E-state index is 15.4. The number of hydrogen-bond donors (Lipinski definition) is 1. The van der Waals surface area contributed by atoms with E-state index in [4.69, 9.17) is 21.1 Å². The second-order valence-corrected chi connectivity index (χ2v) is 10.0. The molecule has 0 aliphatic rings. The lowest BCUT2D eigenvalue weighted by Crippen LogP contribution is -2.10. The average molecular weight is 614 g/mol. The van der Waals surface area contributed by atoms with Crippen LogP contribution in [0.1, 0.15) is 32.9 Å². The van der Waals surface area contributed by atoms with Gasteiger partial charge in [0.05, 0.1) is 34.5 Å².